The van der Waals surface area contributed by atoms with Gasteiger partial charge in [-0.1, -0.05) is 0 Å². The van der Waals surface area contributed by atoms with Gasteiger partial charge in [0.25, 0.3) is 0 Å². The topological polar surface area (TPSA) is 84.9 Å². The molecule has 0 radical (unpaired) electrons. The summed E-state index contributed by atoms with van der Waals surface area (Å²) < 4.78 is 4.82. The van der Waals surface area contributed by atoms with E-state index in [0.29, 0.717) is 0 Å². The number of esters is 1. The lowest BCUT2D eigenvalue weighted by Crippen LogP contribution is -2.40. The standard InChI is InChI=1S/C8H15NO5/c1-5(2)14-8(12)6(9-13-3)4-7(10)11/h5-6,9H,4H2,1-3H3,(H,10,11)/t6-/m0/s1. The quantitative estimate of drug-likeness (QED) is 0.466. The predicted octanol–water partition coefficient (Wildman–Crippen LogP) is -0.0677. The highest BCUT2D eigenvalue weighted by molar-refractivity contribution is 5.81. The SMILES string of the molecule is CON[C@@H](CC(=O)O)C(=O)OC(C)C. The van der Waals surface area contributed by atoms with E-state index in [2.05, 4.69) is 10.3 Å². The van der Waals surface area contributed by atoms with Gasteiger partial charge in [-0.05, 0) is 13.8 Å². The fourth-order valence-corrected chi connectivity index (χ4v) is 0.804. The Labute approximate surface area is 82.1 Å². The van der Waals surface area contributed by atoms with Crippen LogP contribution in [0.1, 0.15) is 20.3 Å². The first-order valence-electron chi connectivity index (χ1n) is 4.18. The highest BCUT2D eigenvalue weighted by Crippen LogP contribution is 1.99. The van der Waals surface area contributed by atoms with Crippen LogP contribution in [0.2, 0.25) is 0 Å². The summed E-state index contributed by atoms with van der Waals surface area (Å²) in [5, 5.41) is 8.49. The Kier molecular flexibility index (Phi) is 5.82. The Morgan fingerprint density at radius 1 is 1.43 bits per heavy atom. The number of ether oxygens (including phenoxy) is 1. The molecule has 0 rings (SSSR count). The van der Waals surface area contributed by atoms with E-state index in [0.717, 1.165) is 0 Å². The van der Waals surface area contributed by atoms with E-state index < -0.39 is 18.0 Å². The van der Waals surface area contributed by atoms with Gasteiger partial charge in [0.2, 0.25) is 0 Å². The number of carbonyl (C=O) groups is 2. The van der Waals surface area contributed by atoms with Crippen LogP contribution in [0.4, 0.5) is 0 Å². The lowest BCUT2D eigenvalue weighted by molar-refractivity contribution is -0.157. The smallest absolute Gasteiger partial charge is 0.326 e. The summed E-state index contributed by atoms with van der Waals surface area (Å²) in [4.78, 5) is 26.1. The minimum atomic E-state index is -1.10. The molecule has 0 aliphatic rings. The van der Waals surface area contributed by atoms with Crippen LogP contribution in [-0.4, -0.2) is 36.3 Å². The zero-order valence-corrected chi connectivity index (χ0v) is 8.44. The van der Waals surface area contributed by atoms with Crippen molar-refractivity contribution in [1.29, 1.82) is 0 Å². The van der Waals surface area contributed by atoms with Crippen LogP contribution in [0.15, 0.2) is 0 Å². The molecule has 0 fully saturated rings. The Bertz CT molecular complexity index is 204. The third kappa shape index (κ3) is 5.50. The van der Waals surface area contributed by atoms with E-state index >= 15 is 0 Å². The molecule has 14 heavy (non-hydrogen) atoms. The van der Waals surface area contributed by atoms with Crippen LogP contribution in [-0.2, 0) is 19.2 Å². The zero-order chi connectivity index (χ0) is 11.1. The molecular formula is C8H15NO5. The molecule has 0 bridgehead atoms. The van der Waals surface area contributed by atoms with Crippen LogP contribution in [0.5, 0.6) is 0 Å². The van der Waals surface area contributed by atoms with Gasteiger partial charge in [-0.15, -0.1) is 0 Å². The first kappa shape index (κ1) is 12.9. The molecule has 0 spiro atoms. The second kappa shape index (κ2) is 6.33. The fraction of sp³-hybridized carbons (Fsp3) is 0.750. The van der Waals surface area contributed by atoms with Gasteiger partial charge in [-0.2, -0.15) is 5.48 Å². The number of carbonyl (C=O) groups excluding carboxylic acids is 1. The first-order chi connectivity index (χ1) is 6.47. The van der Waals surface area contributed by atoms with Crippen LogP contribution in [0, 0.1) is 0 Å². The highest BCUT2D eigenvalue weighted by Gasteiger charge is 2.23. The molecule has 0 aromatic rings. The van der Waals surface area contributed by atoms with Crippen LogP contribution < -0.4 is 5.48 Å². The number of nitrogens with one attached hydrogen (secondary N) is 1. The molecule has 0 heterocycles. The van der Waals surface area contributed by atoms with E-state index in [9.17, 15) is 9.59 Å². The van der Waals surface area contributed by atoms with Gasteiger partial charge in [0, 0.05) is 0 Å². The van der Waals surface area contributed by atoms with Crippen molar-refractivity contribution < 1.29 is 24.3 Å². The predicted molar refractivity (Wildman–Crippen MR) is 47.4 cm³/mol. The lowest BCUT2D eigenvalue weighted by atomic mass is 10.2. The molecule has 1 atom stereocenters. The van der Waals surface area contributed by atoms with Crippen molar-refractivity contribution in [3.63, 3.8) is 0 Å². The average Bonchev–Trinajstić information content (AvgIpc) is 2.01. The highest BCUT2D eigenvalue weighted by atomic mass is 16.6. The molecule has 6 nitrogen and oxygen atoms in total. The normalized spacial score (nSPS) is 12.6. The van der Waals surface area contributed by atoms with Crippen molar-refractivity contribution in [3.05, 3.63) is 0 Å². The van der Waals surface area contributed by atoms with Gasteiger partial charge in [0.05, 0.1) is 19.6 Å². The molecule has 0 saturated carbocycles. The summed E-state index contributed by atoms with van der Waals surface area (Å²) >= 11 is 0. The molecule has 0 aliphatic carbocycles. The fourth-order valence-electron chi connectivity index (χ4n) is 0.804. The van der Waals surface area contributed by atoms with Crippen LogP contribution in [0.25, 0.3) is 0 Å². The molecule has 2 N–H and O–H groups in total. The van der Waals surface area contributed by atoms with Crippen LogP contribution in [0.3, 0.4) is 0 Å². The largest absolute Gasteiger partial charge is 0.481 e. The van der Waals surface area contributed by atoms with E-state index in [-0.39, 0.29) is 12.5 Å². The van der Waals surface area contributed by atoms with Gasteiger partial charge in [-0.3, -0.25) is 9.59 Å². The second-order valence-corrected chi connectivity index (χ2v) is 2.96. The van der Waals surface area contributed by atoms with Crippen molar-refractivity contribution in [2.45, 2.75) is 32.4 Å². The maximum atomic E-state index is 11.3. The van der Waals surface area contributed by atoms with Gasteiger partial charge >= 0.3 is 11.9 Å². The molecule has 6 heteroatoms. The number of carboxylic acids is 1. The summed E-state index contributed by atoms with van der Waals surface area (Å²) in [6, 6.07) is -0.972. The summed E-state index contributed by atoms with van der Waals surface area (Å²) in [6.45, 7) is 3.37. The summed E-state index contributed by atoms with van der Waals surface area (Å²) in [5.41, 5.74) is 2.26. The number of hydrogen-bond donors (Lipinski definition) is 2. The summed E-state index contributed by atoms with van der Waals surface area (Å²) in [6.07, 6.45) is -0.656. The molecule has 0 unspecified atom stereocenters. The number of hydroxylamine groups is 1. The minimum Gasteiger partial charge on any atom is -0.481 e. The number of hydrogen-bond acceptors (Lipinski definition) is 5. The second-order valence-electron chi connectivity index (χ2n) is 2.96. The third-order valence-corrected chi connectivity index (χ3v) is 1.28. The molecule has 0 amide bonds. The molecule has 0 aliphatic heterocycles. The van der Waals surface area contributed by atoms with Gasteiger partial charge in [-0.25, -0.2) is 0 Å². The monoisotopic (exact) mass is 205 g/mol. The number of carboxylic acid groups (broad SMARTS) is 1. The Balaban J connectivity index is 4.17. The molecule has 82 valence electrons. The van der Waals surface area contributed by atoms with Crippen molar-refractivity contribution in [1.82, 2.24) is 5.48 Å². The maximum Gasteiger partial charge on any atom is 0.326 e. The minimum absolute atomic E-state index is 0.280. The summed E-state index contributed by atoms with van der Waals surface area (Å²) in [7, 11) is 1.30. The van der Waals surface area contributed by atoms with Gasteiger partial charge in [0.1, 0.15) is 6.04 Å². The zero-order valence-electron chi connectivity index (χ0n) is 8.44. The summed E-state index contributed by atoms with van der Waals surface area (Å²) in [5.74, 6) is -1.73. The Morgan fingerprint density at radius 2 is 2.00 bits per heavy atom. The van der Waals surface area contributed by atoms with E-state index in [4.69, 9.17) is 9.84 Å². The molecular weight excluding hydrogens is 190 g/mol. The maximum absolute atomic E-state index is 11.3. The van der Waals surface area contributed by atoms with E-state index in [1.807, 2.05) is 0 Å². The van der Waals surface area contributed by atoms with Crippen molar-refractivity contribution in [2.24, 2.45) is 0 Å². The van der Waals surface area contributed by atoms with Crippen LogP contribution >= 0.6 is 0 Å². The molecule has 0 aromatic heterocycles. The van der Waals surface area contributed by atoms with Crippen molar-refractivity contribution in [3.8, 4) is 0 Å². The Hall–Kier alpha value is -1.14. The molecule has 0 saturated heterocycles. The number of rotatable bonds is 6. The van der Waals surface area contributed by atoms with E-state index in [1.54, 1.807) is 13.8 Å². The van der Waals surface area contributed by atoms with Gasteiger partial charge < -0.3 is 14.7 Å². The Morgan fingerprint density at radius 3 is 2.36 bits per heavy atom. The lowest BCUT2D eigenvalue weighted by Gasteiger charge is -2.15. The van der Waals surface area contributed by atoms with Crippen molar-refractivity contribution >= 4 is 11.9 Å². The molecule has 0 aromatic carbocycles. The van der Waals surface area contributed by atoms with E-state index in [1.165, 1.54) is 7.11 Å². The average molecular weight is 205 g/mol. The number of aliphatic carboxylic acids is 1. The first-order valence-corrected chi connectivity index (χ1v) is 4.18. The third-order valence-electron chi connectivity index (χ3n) is 1.28. The van der Waals surface area contributed by atoms with Gasteiger partial charge in [0.15, 0.2) is 0 Å². The van der Waals surface area contributed by atoms with Crippen molar-refractivity contribution in [2.75, 3.05) is 7.11 Å².